The Morgan fingerprint density at radius 2 is 1.86 bits per heavy atom. The minimum atomic E-state index is 0.478. The fourth-order valence-corrected chi connectivity index (χ4v) is 8.57. The number of hydrogen-bond acceptors (Lipinski definition) is 0. The molecule has 86 valence electrons. The fraction of sp³-hybridized carbons (Fsp3) is 1.00. The van der Waals surface area contributed by atoms with Crippen LogP contribution in [0.3, 0.4) is 0 Å². The van der Waals surface area contributed by atoms with Gasteiger partial charge in [0.1, 0.15) is 0 Å². The molecule has 1 rings (SSSR count). The van der Waals surface area contributed by atoms with E-state index in [-0.39, 0.29) is 0 Å². The van der Waals surface area contributed by atoms with Crippen LogP contribution in [0.2, 0.25) is 0 Å². The SMILES string of the molecule is CCCC1(C)[C@@H](CC)[I-]C[C@]1(C)CC. The van der Waals surface area contributed by atoms with Crippen LogP contribution in [0.4, 0.5) is 0 Å². The van der Waals surface area contributed by atoms with E-state index in [2.05, 4.69) is 34.6 Å². The van der Waals surface area contributed by atoms with Crippen LogP contribution in [0.1, 0.15) is 60.3 Å². The third kappa shape index (κ3) is 1.85. The first kappa shape index (κ1) is 12.8. The van der Waals surface area contributed by atoms with Crippen molar-refractivity contribution in [2.75, 3.05) is 4.43 Å². The molecule has 14 heavy (non-hydrogen) atoms. The number of alkyl halides is 2. The van der Waals surface area contributed by atoms with Crippen molar-refractivity contribution >= 4 is 0 Å². The maximum atomic E-state index is 2.58. The third-order valence-electron chi connectivity index (χ3n) is 4.54. The van der Waals surface area contributed by atoms with Gasteiger partial charge in [-0.15, -0.1) is 0 Å². The first-order valence-electron chi connectivity index (χ1n) is 6.11. The van der Waals surface area contributed by atoms with Crippen LogP contribution in [0.15, 0.2) is 0 Å². The van der Waals surface area contributed by atoms with E-state index in [4.69, 9.17) is 0 Å². The van der Waals surface area contributed by atoms with E-state index in [1.54, 1.807) is 4.43 Å². The van der Waals surface area contributed by atoms with E-state index in [9.17, 15) is 0 Å². The van der Waals surface area contributed by atoms with Crippen LogP contribution in [0.25, 0.3) is 0 Å². The predicted molar refractivity (Wildman–Crippen MR) is 60.4 cm³/mol. The zero-order valence-corrected chi connectivity index (χ0v) is 12.6. The molecule has 1 heteroatoms. The summed E-state index contributed by atoms with van der Waals surface area (Å²) in [6.07, 6.45) is 5.64. The van der Waals surface area contributed by atoms with Crippen molar-refractivity contribution < 1.29 is 21.2 Å². The Labute approximate surface area is 100 Å². The van der Waals surface area contributed by atoms with E-state index in [1.807, 2.05) is 0 Å². The van der Waals surface area contributed by atoms with Gasteiger partial charge in [0.15, 0.2) is 0 Å². The van der Waals surface area contributed by atoms with Gasteiger partial charge in [0, 0.05) is 0 Å². The van der Waals surface area contributed by atoms with Crippen molar-refractivity contribution in [2.24, 2.45) is 10.8 Å². The second kappa shape index (κ2) is 4.71. The van der Waals surface area contributed by atoms with Crippen molar-refractivity contribution in [2.45, 2.75) is 64.2 Å². The van der Waals surface area contributed by atoms with Crippen LogP contribution < -0.4 is 21.2 Å². The molecule has 0 N–H and O–H groups in total. The molecule has 0 amide bonds. The molecule has 0 bridgehead atoms. The van der Waals surface area contributed by atoms with E-state index >= 15 is 0 Å². The molecule has 1 aliphatic rings. The summed E-state index contributed by atoms with van der Waals surface area (Å²) >= 11 is 0.478. The molecule has 0 aromatic carbocycles. The molecule has 0 nitrogen and oxygen atoms in total. The molecule has 1 unspecified atom stereocenters. The van der Waals surface area contributed by atoms with Crippen LogP contribution >= 0.6 is 0 Å². The maximum absolute atomic E-state index is 2.58. The number of halogens is 1. The standard InChI is InChI=1S/C13H26I/c1-6-9-13(5)11(7-2)14-10-12(13,4)8-3/h11H,6-10H2,1-5H3/q-1/t11-,12+,13?/m1/s1. The van der Waals surface area contributed by atoms with E-state index in [0.717, 1.165) is 3.92 Å². The van der Waals surface area contributed by atoms with Crippen LogP contribution in [0.5, 0.6) is 0 Å². The molecular formula is C13H26I-. The Morgan fingerprint density at radius 1 is 1.21 bits per heavy atom. The van der Waals surface area contributed by atoms with E-state index in [1.165, 1.54) is 25.7 Å². The van der Waals surface area contributed by atoms with Gasteiger partial charge in [-0.3, -0.25) is 0 Å². The third-order valence-corrected chi connectivity index (χ3v) is 9.98. The average Bonchev–Trinajstić information content (AvgIpc) is 2.41. The summed E-state index contributed by atoms with van der Waals surface area (Å²) in [5.41, 5.74) is 1.33. The summed E-state index contributed by atoms with van der Waals surface area (Å²) in [7, 11) is 0. The molecule has 0 aliphatic carbocycles. The van der Waals surface area contributed by atoms with E-state index in [0.29, 0.717) is 32.0 Å². The van der Waals surface area contributed by atoms with Crippen molar-refractivity contribution in [1.29, 1.82) is 0 Å². The molecule has 0 aromatic heterocycles. The minimum absolute atomic E-state index is 0.478. The average molecular weight is 309 g/mol. The summed E-state index contributed by atoms with van der Waals surface area (Å²) in [5.74, 6) is 0. The van der Waals surface area contributed by atoms with Gasteiger partial charge in [0.25, 0.3) is 0 Å². The Kier molecular flexibility index (Phi) is 4.31. The van der Waals surface area contributed by atoms with Crippen molar-refractivity contribution in [3.8, 4) is 0 Å². The Hall–Kier alpha value is 0.730. The summed E-state index contributed by atoms with van der Waals surface area (Å²) < 4.78 is 2.66. The van der Waals surface area contributed by atoms with Crippen molar-refractivity contribution in [1.82, 2.24) is 0 Å². The Balaban J connectivity index is 2.90. The van der Waals surface area contributed by atoms with E-state index < -0.39 is 0 Å². The van der Waals surface area contributed by atoms with Gasteiger partial charge in [-0.2, -0.15) is 0 Å². The second-order valence-electron chi connectivity index (χ2n) is 5.25. The zero-order chi connectivity index (χ0) is 10.8. The Bertz CT molecular complexity index is 190. The molecule has 1 saturated heterocycles. The van der Waals surface area contributed by atoms with Crippen LogP contribution in [-0.4, -0.2) is 8.35 Å². The zero-order valence-electron chi connectivity index (χ0n) is 10.5. The Morgan fingerprint density at radius 3 is 2.29 bits per heavy atom. The van der Waals surface area contributed by atoms with Crippen LogP contribution in [0, 0.1) is 10.8 Å². The summed E-state index contributed by atoms with van der Waals surface area (Å²) in [4.78, 5) is 0. The summed E-state index contributed by atoms with van der Waals surface area (Å²) in [6.45, 7) is 12.3. The van der Waals surface area contributed by atoms with Gasteiger partial charge >= 0.3 is 101 Å². The van der Waals surface area contributed by atoms with Gasteiger partial charge < -0.3 is 0 Å². The normalized spacial score (nSPS) is 43.6. The van der Waals surface area contributed by atoms with Gasteiger partial charge in [-0.1, -0.05) is 0 Å². The molecule has 1 heterocycles. The molecule has 1 aliphatic heterocycles. The van der Waals surface area contributed by atoms with Gasteiger partial charge in [-0.05, 0) is 0 Å². The van der Waals surface area contributed by atoms with Gasteiger partial charge in [0.2, 0.25) is 0 Å². The van der Waals surface area contributed by atoms with Crippen LogP contribution in [-0.2, 0) is 0 Å². The fourth-order valence-electron chi connectivity index (χ4n) is 3.00. The summed E-state index contributed by atoms with van der Waals surface area (Å²) in [5, 5.41) is 0. The molecule has 3 atom stereocenters. The van der Waals surface area contributed by atoms with Crippen molar-refractivity contribution in [3.05, 3.63) is 0 Å². The predicted octanol–water partition coefficient (Wildman–Crippen LogP) is 1.09. The molecule has 0 aromatic rings. The monoisotopic (exact) mass is 309 g/mol. The number of rotatable bonds is 4. The first-order chi connectivity index (χ1) is 6.54. The molecular weight excluding hydrogens is 283 g/mol. The quantitative estimate of drug-likeness (QED) is 0.539. The second-order valence-corrected chi connectivity index (χ2v) is 8.39. The topological polar surface area (TPSA) is 0 Å². The molecule has 0 spiro atoms. The molecule has 1 fully saturated rings. The molecule has 0 radical (unpaired) electrons. The summed E-state index contributed by atoms with van der Waals surface area (Å²) in [6, 6.07) is 0. The molecule has 0 saturated carbocycles. The van der Waals surface area contributed by atoms with Gasteiger partial charge in [-0.25, -0.2) is 0 Å². The first-order valence-corrected chi connectivity index (χ1v) is 8.89. The van der Waals surface area contributed by atoms with Crippen molar-refractivity contribution in [3.63, 3.8) is 0 Å². The number of hydrogen-bond donors (Lipinski definition) is 0. The van der Waals surface area contributed by atoms with Gasteiger partial charge in [0.05, 0.1) is 0 Å².